The molecule has 23 heavy (non-hydrogen) atoms. The van der Waals surface area contributed by atoms with Gasteiger partial charge in [-0.15, -0.1) is 0 Å². The number of hydrogen-bond acceptors (Lipinski definition) is 2. The van der Waals surface area contributed by atoms with Crippen LogP contribution in [0.15, 0.2) is 30.3 Å². The van der Waals surface area contributed by atoms with E-state index in [4.69, 9.17) is 9.84 Å². The third-order valence-electron chi connectivity index (χ3n) is 3.79. The molecule has 0 aliphatic heterocycles. The molecule has 0 aliphatic carbocycles. The van der Waals surface area contributed by atoms with Crippen molar-refractivity contribution in [3.8, 4) is 5.75 Å². The van der Waals surface area contributed by atoms with Crippen LogP contribution >= 0.6 is 0 Å². The van der Waals surface area contributed by atoms with Gasteiger partial charge in [-0.3, -0.25) is 0 Å². The van der Waals surface area contributed by atoms with E-state index in [1.165, 1.54) is 51.4 Å². The maximum atomic E-state index is 10.5. The van der Waals surface area contributed by atoms with Crippen molar-refractivity contribution < 1.29 is 14.6 Å². The van der Waals surface area contributed by atoms with Gasteiger partial charge in [0.15, 0.2) is 0 Å². The molecule has 0 unspecified atom stereocenters. The lowest BCUT2D eigenvalue weighted by atomic mass is 10.1. The molecule has 0 radical (unpaired) electrons. The van der Waals surface area contributed by atoms with Crippen LogP contribution in [0.3, 0.4) is 0 Å². The van der Waals surface area contributed by atoms with Crippen molar-refractivity contribution in [2.75, 3.05) is 6.61 Å². The number of benzene rings is 1. The van der Waals surface area contributed by atoms with Gasteiger partial charge in [-0.25, -0.2) is 4.79 Å². The van der Waals surface area contributed by atoms with Gasteiger partial charge in [0.2, 0.25) is 0 Å². The van der Waals surface area contributed by atoms with Gasteiger partial charge in [-0.2, -0.15) is 0 Å². The maximum Gasteiger partial charge on any atom is 0.328 e. The highest BCUT2D eigenvalue weighted by atomic mass is 16.5. The fraction of sp³-hybridized carbons (Fsp3) is 0.550. The molecule has 1 rings (SSSR count). The number of rotatable bonds is 13. The van der Waals surface area contributed by atoms with E-state index < -0.39 is 5.97 Å². The van der Waals surface area contributed by atoms with E-state index in [1.807, 2.05) is 24.3 Å². The number of carbonyl (C=O) groups is 1. The quantitative estimate of drug-likeness (QED) is 0.375. The Hall–Kier alpha value is -1.77. The molecule has 0 atom stereocenters. The fourth-order valence-electron chi connectivity index (χ4n) is 2.48. The highest BCUT2D eigenvalue weighted by molar-refractivity contribution is 5.85. The SMILES string of the molecule is CCCCCCCCCCCOc1cccc(C=CC(=O)O)c1. The number of aliphatic carboxylic acids is 1. The molecule has 1 aromatic carbocycles. The Balaban J connectivity index is 2.09. The second kappa shape index (κ2) is 12.7. The highest BCUT2D eigenvalue weighted by Crippen LogP contribution is 2.15. The van der Waals surface area contributed by atoms with Crippen molar-refractivity contribution >= 4 is 12.0 Å². The summed E-state index contributed by atoms with van der Waals surface area (Å²) in [4.78, 5) is 10.5. The summed E-state index contributed by atoms with van der Waals surface area (Å²) in [7, 11) is 0. The van der Waals surface area contributed by atoms with Crippen LogP contribution in [0.5, 0.6) is 5.75 Å². The van der Waals surface area contributed by atoms with E-state index in [1.54, 1.807) is 6.08 Å². The van der Waals surface area contributed by atoms with Crippen LogP contribution in [0.2, 0.25) is 0 Å². The monoisotopic (exact) mass is 318 g/mol. The molecule has 0 heterocycles. The molecule has 0 fully saturated rings. The number of hydrogen-bond donors (Lipinski definition) is 1. The molecule has 1 N–H and O–H groups in total. The first-order valence-electron chi connectivity index (χ1n) is 8.86. The Morgan fingerprint density at radius 1 is 1.04 bits per heavy atom. The topological polar surface area (TPSA) is 46.5 Å². The van der Waals surface area contributed by atoms with Crippen molar-refractivity contribution in [1.29, 1.82) is 0 Å². The minimum atomic E-state index is -0.939. The minimum Gasteiger partial charge on any atom is -0.494 e. The molecule has 0 bridgehead atoms. The Kier molecular flexibility index (Phi) is 10.7. The first-order valence-corrected chi connectivity index (χ1v) is 8.86. The van der Waals surface area contributed by atoms with Gasteiger partial charge in [-0.05, 0) is 30.2 Å². The molecule has 0 saturated carbocycles. The summed E-state index contributed by atoms with van der Waals surface area (Å²) in [5.41, 5.74) is 0.844. The van der Waals surface area contributed by atoms with Crippen molar-refractivity contribution in [2.24, 2.45) is 0 Å². The van der Waals surface area contributed by atoms with E-state index >= 15 is 0 Å². The summed E-state index contributed by atoms with van der Waals surface area (Å²) < 4.78 is 5.73. The predicted molar refractivity (Wildman–Crippen MR) is 95.8 cm³/mol. The number of ether oxygens (including phenoxy) is 1. The Bertz CT molecular complexity index is 466. The second-order valence-corrected chi connectivity index (χ2v) is 5.92. The van der Waals surface area contributed by atoms with Gasteiger partial charge in [0, 0.05) is 6.08 Å². The molecule has 1 aromatic rings. The van der Waals surface area contributed by atoms with E-state index in [0.717, 1.165) is 30.4 Å². The van der Waals surface area contributed by atoms with Crippen LogP contribution in [0, 0.1) is 0 Å². The average molecular weight is 318 g/mol. The molecule has 0 aromatic heterocycles. The van der Waals surface area contributed by atoms with Crippen LogP contribution in [0.4, 0.5) is 0 Å². The number of carboxylic acid groups (broad SMARTS) is 1. The molecule has 3 heteroatoms. The first kappa shape index (κ1) is 19.3. The number of unbranched alkanes of at least 4 members (excludes halogenated alkanes) is 8. The molecular formula is C20H30O3. The summed E-state index contributed by atoms with van der Waals surface area (Å²) in [5.74, 6) is -0.136. The van der Waals surface area contributed by atoms with Gasteiger partial charge >= 0.3 is 5.97 Å². The molecular weight excluding hydrogens is 288 g/mol. The van der Waals surface area contributed by atoms with E-state index in [0.29, 0.717) is 0 Å². The van der Waals surface area contributed by atoms with Gasteiger partial charge in [-0.1, -0.05) is 70.4 Å². The fourth-order valence-corrected chi connectivity index (χ4v) is 2.48. The van der Waals surface area contributed by atoms with Crippen LogP contribution in [0.1, 0.15) is 70.3 Å². The second-order valence-electron chi connectivity index (χ2n) is 5.92. The van der Waals surface area contributed by atoms with E-state index in [9.17, 15) is 4.79 Å². The van der Waals surface area contributed by atoms with Crippen LogP contribution in [0.25, 0.3) is 6.08 Å². The summed E-state index contributed by atoms with van der Waals surface area (Å²) in [6.07, 6.45) is 14.4. The van der Waals surface area contributed by atoms with Crippen molar-refractivity contribution in [3.05, 3.63) is 35.9 Å². The molecule has 0 spiro atoms. The zero-order valence-corrected chi connectivity index (χ0v) is 14.3. The molecule has 128 valence electrons. The largest absolute Gasteiger partial charge is 0.494 e. The van der Waals surface area contributed by atoms with Crippen molar-refractivity contribution in [1.82, 2.24) is 0 Å². The summed E-state index contributed by atoms with van der Waals surface area (Å²) >= 11 is 0. The lowest BCUT2D eigenvalue weighted by Gasteiger charge is -2.07. The zero-order chi connectivity index (χ0) is 16.8. The lowest BCUT2D eigenvalue weighted by Crippen LogP contribution is -1.97. The normalized spacial score (nSPS) is 11.0. The Labute approximate surface area is 140 Å². The van der Waals surface area contributed by atoms with Crippen molar-refractivity contribution in [3.63, 3.8) is 0 Å². The number of carboxylic acids is 1. The van der Waals surface area contributed by atoms with Gasteiger partial charge in [0.05, 0.1) is 6.61 Å². The highest BCUT2D eigenvalue weighted by Gasteiger charge is 1.97. The summed E-state index contributed by atoms with van der Waals surface area (Å²) in [5, 5.41) is 8.63. The lowest BCUT2D eigenvalue weighted by molar-refractivity contribution is -0.131. The van der Waals surface area contributed by atoms with Gasteiger partial charge in [0.25, 0.3) is 0 Å². The maximum absolute atomic E-state index is 10.5. The van der Waals surface area contributed by atoms with Gasteiger partial charge in [0.1, 0.15) is 5.75 Å². The summed E-state index contributed by atoms with van der Waals surface area (Å²) in [6.45, 7) is 2.97. The van der Waals surface area contributed by atoms with Crippen LogP contribution in [-0.2, 0) is 4.79 Å². The summed E-state index contributed by atoms with van der Waals surface area (Å²) in [6, 6.07) is 7.52. The Morgan fingerprint density at radius 2 is 1.70 bits per heavy atom. The predicted octanol–water partition coefficient (Wildman–Crippen LogP) is 5.69. The molecule has 0 aliphatic rings. The standard InChI is InChI=1S/C20H30O3/c1-2-3-4-5-6-7-8-9-10-16-23-19-13-11-12-18(17-19)14-15-20(21)22/h11-15,17H,2-10,16H2,1H3,(H,21,22). The van der Waals surface area contributed by atoms with Crippen molar-refractivity contribution in [2.45, 2.75) is 64.7 Å². The molecule has 3 nitrogen and oxygen atoms in total. The van der Waals surface area contributed by atoms with Crippen LogP contribution in [-0.4, -0.2) is 17.7 Å². The Morgan fingerprint density at radius 3 is 2.35 bits per heavy atom. The van der Waals surface area contributed by atoms with Crippen LogP contribution < -0.4 is 4.74 Å². The minimum absolute atomic E-state index is 0.724. The van der Waals surface area contributed by atoms with Gasteiger partial charge < -0.3 is 9.84 Å². The third kappa shape index (κ3) is 10.6. The van der Waals surface area contributed by atoms with E-state index in [2.05, 4.69) is 6.92 Å². The average Bonchev–Trinajstić information content (AvgIpc) is 2.55. The first-order chi connectivity index (χ1) is 11.2. The third-order valence-corrected chi connectivity index (χ3v) is 3.79. The molecule has 0 saturated heterocycles. The smallest absolute Gasteiger partial charge is 0.328 e. The molecule has 0 amide bonds. The zero-order valence-electron chi connectivity index (χ0n) is 14.3. The van der Waals surface area contributed by atoms with E-state index in [-0.39, 0.29) is 0 Å².